The van der Waals surface area contributed by atoms with Crippen molar-refractivity contribution in [2.24, 2.45) is 10.7 Å². The minimum atomic E-state index is 0. The van der Waals surface area contributed by atoms with Crippen LogP contribution in [0.5, 0.6) is 0 Å². The quantitative estimate of drug-likeness (QED) is 0.799. The number of benzene rings is 1. The Labute approximate surface area is 90.6 Å². The van der Waals surface area contributed by atoms with Crippen LogP contribution in [-0.2, 0) is 6.42 Å². The second-order valence-electron chi connectivity index (χ2n) is 3.50. The Kier molecular flexibility index (Phi) is 3.96. The highest BCUT2D eigenvalue weighted by atomic mass is 35.5. The Morgan fingerprint density at radius 1 is 1.29 bits per heavy atom. The number of aliphatic imine (C=N–C) groups is 1. The van der Waals surface area contributed by atoms with Gasteiger partial charge in [-0.05, 0) is 18.4 Å². The van der Waals surface area contributed by atoms with Crippen molar-refractivity contribution in [2.75, 3.05) is 0 Å². The van der Waals surface area contributed by atoms with Crippen LogP contribution in [0.3, 0.4) is 0 Å². The first kappa shape index (κ1) is 11.1. The number of nitrogens with zero attached hydrogens (tertiary/aromatic N) is 1. The molecule has 0 aromatic heterocycles. The fraction of sp³-hybridized carbons (Fsp3) is 0.364. The molecule has 1 aliphatic rings. The van der Waals surface area contributed by atoms with Crippen LogP contribution in [0.4, 0.5) is 0 Å². The molecule has 0 spiro atoms. The lowest BCUT2D eigenvalue weighted by Crippen LogP contribution is -2.06. The molecule has 0 fully saturated rings. The molecule has 1 aromatic carbocycles. The summed E-state index contributed by atoms with van der Waals surface area (Å²) >= 11 is 0. The maximum atomic E-state index is 5.63. The molecule has 1 aromatic rings. The van der Waals surface area contributed by atoms with E-state index in [1.165, 1.54) is 5.56 Å². The van der Waals surface area contributed by atoms with Crippen molar-refractivity contribution in [3.05, 3.63) is 35.9 Å². The lowest BCUT2D eigenvalue weighted by atomic mass is 10.0. The third kappa shape index (κ3) is 2.74. The maximum absolute atomic E-state index is 5.63. The maximum Gasteiger partial charge on any atom is 0.0941 e. The smallest absolute Gasteiger partial charge is 0.0941 e. The van der Waals surface area contributed by atoms with E-state index in [2.05, 4.69) is 29.3 Å². The second-order valence-corrected chi connectivity index (χ2v) is 3.50. The van der Waals surface area contributed by atoms with Crippen molar-refractivity contribution in [1.29, 1.82) is 0 Å². The summed E-state index contributed by atoms with van der Waals surface area (Å²) < 4.78 is 0. The number of hydrogen-bond donors (Lipinski definition) is 1. The zero-order valence-electron chi connectivity index (χ0n) is 8.02. The predicted octanol–water partition coefficient (Wildman–Crippen LogP) is 2.17. The van der Waals surface area contributed by atoms with Crippen molar-refractivity contribution in [1.82, 2.24) is 0 Å². The molecule has 1 atom stereocenters. The average Bonchev–Trinajstić information content (AvgIpc) is 2.53. The highest BCUT2D eigenvalue weighted by Gasteiger charge is 2.15. The molecule has 1 aliphatic heterocycles. The van der Waals surface area contributed by atoms with Gasteiger partial charge in [-0.15, -0.1) is 12.4 Å². The Bertz CT molecular complexity index is 308. The van der Waals surface area contributed by atoms with E-state index >= 15 is 0 Å². The zero-order valence-corrected chi connectivity index (χ0v) is 8.83. The van der Waals surface area contributed by atoms with Crippen LogP contribution in [0.15, 0.2) is 35.3 Å². The molecule has 2 N–H and O–H groups in total. The molecule has 0 bridgehead atoms. The van der Waals surface area contributed by atoms with Gasteiger partial charge in [-0.25, -0.2) is 0 Å². The molecule has 2 rings (SSSR count). The first-order valence-electron chi connectivity index (χ1n) is 4.70. The molecule has 76 valence electrons. The van der Waals surface area contributed by atoms with Crippen LogP contribution in [-0.4, -0.2) is 11.9 Å². The van der Waals surface area contributed by atoms with Gasteiger partial charge in [0.1, 0.15) is 0 Å². The van der Waals surface area contributed by atoms with Gasteiger partial charge in [0.05, 0.1) is 11.9 Å². The summed E-state index contributed by atoms with van der Waals surface area (Å²) in [5.74, 6) is 0.820. The highest BCUT2D eigenvalue weighted by molar-refractivity contribution is 5.85. The van der Waals surface area contributed by atoms with Crippen molar-refractivity contribution in [2.45, 2.75) is 25.3 Å². The van der Waals surface area contributed by atoms with Crippen molar-refractivity contribution in [3.63, 3.8) is 0 Å². The summed E-state index contributed by atoms with van der Waals surface area (Å²) in [6, 6.07) is 10.9. The molecule has 0 saturated heterocycles. The average molecular weight is 211 g/mol. The van der Waals surface area contributed by atoms with Gasteiger partial charge < -0.3 is 5.73 Å². The predicted molar refractivity (Wildman–Crippen MR) is 62.0 cm³/mol. The van der Waals surface area contributed by atoms with E-state index in [0.717, 1.165) is 25.1 Å². The summed E-state index contributed by atoms with van der Waals surface area (Å²) in [7, 11) is 0. The van der Waals surface area contributed by atoms with Crippen molar-refractivity contribution >= 4 is 18.2 Å². The van der Waals surface area contributed by atoms with Crippen LogP contribution in [0.2, 0.25) is 0 Å². The minimum absolute atomic E-state index is 0. The summed E-state index contributed by atoms with van der Waals surface area (Å²) in [5, 5.41) is 0. The Morgan fingerprint density at radius 3 is 2.57 bits per heavy atom. The Hall–Kier alpha value is -1.02. The van der Waals surface area contributed by atoms with E-state index in [1.807, 2.05) is 6.07 Å². The van der Waals surface area contributed by atoms with E-state index in [1.54, 1.807) is 0 Å². The second kappa shape index (κ2) is 5.01. The number of halogens is 1. The van der Waals surface area contributed by atoms with Gasteiger partial charge in [0.2, 0.25) is 0 Å². The normalized spacial score (nSPS) is 20.0. The molecule has 0 aliphatic carbocycles. The Morgan fingerprint density at radius 2 is 2.00 bits per heavy atom. The molecular formula is C11H15ClN2. The van der Waals surface area contributed by atoms with E-state index in [9.17, 15) is 0 Å². The lowest BCUT2D eigenvalue weighted by molar-refractivity contribution is 0.667. The van der Waals surface area contributed by atoms with Gasteiger partial charge in [0.25, 0.3) is 0 Å². The van der Waals surface area contributed by atoms with Crippen LogP contribution >= 0.6 is 12.4 Å². The SMILES string of the molecule is Cl.NC1=NC(Cc2ccccc2)CC1. The first-order valence-corrected chi connectivity index (χ1v) is 4.70. The standard InChI is InChI=1S/C11H14N2.ClH/c12-11-7-6-10(13-11)8-9-4-2-1-3-5-9;/h1-5,10H,6-8H2,(H2,12,13);1H. The molecule has 14 heavy (non-hydrogen) atoms. The number of nitrogens with two attached hydrogens (primary N) is 1. The third-order valence-corrected chi connectivity index (χ3v) is 2.40. The first-order chi connectivity index (χ1) is 6.34. The fourth-order valence-corrected chi connectivity index (χ4v) is 1.71. The van der Waals surface area contributed by atoms with Crippen molar-refractivity contribution < 1.29 is 0 Å². The highest BCUT2D eigenvalue weighted by Crippen LogP contribution is 2.15. The molecule has 2 nitrogen and oxygen atoms in total. The molecule has 0 amide bonds. The van der Waals surface area contributed by atoms with Gasteiger partial charge in [0, 0.05) is 6.42 Å². The largest absolute Gasteiger partial charge is 0.387 e. The fourth-order valence-electron chi connectivity index (χ4n) is 1.71. The number of hydrogen-bond acceptors (Lipinski definition) is 2. The molecule has 3 heteroatoms. The summed E-state index contributed by atoms with van der Waals surface area (Å²) in [4.78, 5) is 4.38. The van der Waals surface area contributed by atoms with Crippen LogP contribution in [0, 0.1) is 0 Å². The van der Waals surface area contributed by atoms with Gasteiger partial charge in [-0.3, -0.25) is 4.99 Å². The van der Waals surface area contributed by atoms with E-state index < -0.39 is 0 Å². The summed E-state index contributed by atoms with van der Waals surface area (Å²) in [6.07, 6.45) is 3.11. The molecule has 0 radical (unpaired) electrons. The summed E-state index contributed by atoms with van der Waals surface area (Å²) in [5.41, 5.74) is 6.98. The van der Waals surface area contributed by atoms with E-state index in [-0.39, 0.29) is 12.4 Å². The minimum Gasteiger partial charge on any atom is -0.387 e. The van der Waals surface area contributed by atoms with Crippen LogP contribution < -0.4 is 5.73 Å². The number of rotatable bonds is 2. The van der Waals surface area contributed by atoms with Crippen LogP contribution in [0.1, 0.15) is 18.4 Å². The van der Waals surface area contributed by atoms with Gasteiger partial charge in [0.15, 0.2) is 0 Å². The molecule has 0 saturated carbocycles. The molecular weight excluding hydrogens is 196 g/mol. The molecule has 1 heterocycles. The van der Waals surface area contributed by atoms with E-state index in [0.29, 0.717) is 6.04 Å². The monoisotopic (exact) mass is 210 g/mol. The van der Waals surface area contributed by atoms with Crippen LogP contribution in [0.25, 0.3) is 0 Å². The Balaban J connectivity index is 0.000000980. The van der Waals surface area contributed by atoms with E-state index in [4.69, 9.17) is 5.73 Å². The molecule has 1 unspecified atom stereocenters. The zero-order chi connectivity index (χ0) is 9.10. The van der Waals surface area contributed by atoms with Gasteiger partial charge >= 0.3 is 0 Å². The van der Waals surface area contributed by atoms with Crippen molar-refractivity contribution in [3.8, 4) is 0 Å². The lowest BCUT2D eigenvalue weighted by Gasteiger charge is -2.05. The number of amidine groups is 1. The summed E-state index contributed by atoms with van der Waals surface area (Å²) in [6.45, 7) is 0. The van der Waals surface area contributed by atoms with Gasteiger partial charge in [-0.1, -0.05) is 30.3 Å². The third-order valence-electron chi connectivity index (χ3n) is 2.40. The topological polar surface area (TPSA) is 38.4 Å². The van der Waals surface area contributed by atoms with Gasteiger partial charge in [-0.2, -0.15) is 0 Å².